The summed E-state index contributed by atoms with van der Waals surface area (Å²) in [7, 11) is -1.93. The first-order valence-electron chi connectivity index (χ1n) is 6.22. The minimum atomic E-state index is -3.29. The van der Waals surface area contributed by atoms with E-state index in [9.17, 15) is 13.2 Å². The Hall–Kier alpha value is -1.80. The molecule has 0 aliphatic heterocycles. The molecule has 7 nitrogen and oxygen atoms in total. The predicted molar refractivity (Wildman–Crippen MR) is 80.2 cm³/mol. The van der Waals surface area contributed by atoms with Crippen LogP contribution in [0.15, 0.2) is 18.2 Å². The van der Waals surface area contributed by atoms with E-state index in [1.807, 2.05) is 6.92 Å². The van der Waals surface area contributed by atoms with Gasteiger partial charge in [0.05, 0.1) is 11.3 Å². The van der Waals surface area contributed by atoms with Gasteiger partial charge in [-0.15, -0.1) is 0 Å². The first-order valence-corrected chi connectivity index (χ1v) is 7.87. The second-order valence-corrected chi connectivity index (χ2v) is 6.16. The molecule has 0 bridgehead atoms. The quantitative estimate of drug-likeness (QED) is 0.529. The standard InChI is InChI=1S/C12H20N4O3S/c1-3-15-12(17)10-5-4-9(13)8-11(10)16-6-7-20(18,19)14-2/h4-5,8,14,16H,3,6-7,13H2,1-2H3,(H,15,17). The summed E-state index contributed by atoms with van der Waals surface area (Å²) in [5.41, 5.74) is 7.13. The van der Waals surface area contributed by atoms with Crippen molar-refractivity contribution in [2.75, 3.05) is 36.9 Å². The van der Waals surface area contributed by atoms with Crippen molar-refractivity contribution in [3.05, 3.63) is 23.8 Å². The molecule has 0 aliphatic carbocycles. The van der Waals surface area contributed by atoms with E-state index in [1.54, 1.807) is 18.2 Å². The fourth-order valence-electron chi connectivity index (χ4n) is 1.58. The van der Waals surface area contributed by atoms with Crippen LogP contribution in [0.25, 0.3) is 0 Å². The van der Waals surface area contributed by atoms with Crippen LogP contribution in [0, 0.1) is 0 Å². The second-order valence-electron chi connectivity index (χ2n) is 4.11. The molecule has 0 saturated heterocycles. The van der Waals surface area contributed by atoms with Gasteiger partial charge in [-0.1, -0.05) is 0 Å². The van der Waals surface area contributed by atoms with Crippen LogP contribution in [-0.4, -0.2) is 40.2 Å². The van der Waals surface area contributed by atoms with Crippen LogP contribution in [0.4, 0.5) is 11.4 Å². The molecule has 0 saturated carbocycles. The molecular formula is C12H20N4O3S. The monoisotopic (exact) mass is 300 g/mol. The van der Waals surface area contributed by atoms with Crippen molar-refractivity contribution in [3.8, 4) is 0 Å². The molecule has 112 valence electrons. The van der Waals surface area contributed by atoms with Gasteiger partial charge in [-0.2, -0.15) is 0 Å². The molecule has 0 aliphatic rings. The first kappa shape index (κ1) is 16.3. The topological polar surface area (TPSA) is 113 Å². The normalized spacial score (nSPS) is 11.1. The number of sulfonamides is 1. The highest BCUT2D eigenvalue weighted by molar-refractivity contribution is 7.89. The molecule has 0 aromatic heterocycles. The average molecular weight is 300 g/mol. The van der Waals surface area contributed by atoms with Gasteiger partial charge < -0.3 is 16.4 Å². The lowest BCUT2D eigenvalue weighted by atomic mass is 10.1. The van der Waals surface area contributed by atoms with Gasteiger partial charge in [-0.3, -0.25) is 4.79 Å². The van der Waals surface area contributed by atoms with E-state index in [-0.39, 0.29) is 18.2 Å². The highest BCUT2D eigenvalue weighted by atomic mass is 32.2. The van der Waals surface area contributed by atoms with Crippen molar-refractivity contribution < 1.29 is 13.2 Å². The van der Waals surface area contributed by atoms with Crippen LogP contribution in [0.1, 0.15) is 17.3 Å². The van der Waals surface area contributed by atoms with Gasteiger partial charge in [0.25, 0.3) is 5.91 Å². The smallest absolute Gasteiger partial charge is 0.253 e. The Balaban J connectivity index is 2.82. The van der Waals surface area contributed by atoms with E-state index >= 15 is 0 Å². The molecule has 8 heteroatoms. The van der Waals surface area contributed by atoms with E-state index in [2.05, 4.69) is 15.4 Å². The van der Waals surface area contributed by atoms with Crippen molar-refractivity contribution in [3.63, 3.8) is 0 Å². The third-order valence-corrected chi connectivity index (χ3v) is 3.99. The van der Waals surface area contributed by atoms with Gasteiger partial charge in [0.15, 0.2) is 0 Å². The lowest BCUT2D eigenvalue weighted by Gasteiger charge is -2.12. The van der Waals surface area contributed by atoms with Crippen LogP contribution in [0.2, 0.25) is 0 Å². The Morgan fingerprint density at radius 1 is 1.35 bits per heavy atom. The molecule has 1 aromatic carbocycles. The summed E-state index contributed by atoms with van der Waals surface area (Å²) in [4.78, 5) is 11.9. The minimum Gasteiger partial charge on any atom is -0.399 e. The van der Waals surface area contributed by atoms with E-state index in [0.717, 1.165) is 0 Å². The molecule has 0 spiro atoms. The average Bonchev–Trinajstić information content (AvgIpc) is 2.39. The highest BCUT2D eigenvalue weighted by Gasteiger charge is 2.12. The fraction of sp³-hybridized carbons (Fsp3) is 0.417. The molecule has 0 heterocycles. The summed E-state index contributed by atoms with van der Waals surface area (Å²) < 4.78 is 24.9. The molecule has 20 heavy (non-hydrogen) atoms. The number of amides is 1. The summed E-state index contributed by atoms with van der Waals surface area (Å²) in [6.45, 7) is 2.51. The van der Waals surface area contributed by atoms with Gasteiger partial charge in [-0.05, 0) is 32.2 Å². The number of rotatable bonds is 7. The third-order valence-electron chi connectivity index (χ3n) is 2.62. The number of anilines is 2. The van der Waals surface area contributed by atoms with Crippen molar-refractivity contribution in [1.29, 1.82) is 0 Å². The fourth-order valence-corrected chi connectivity index (χ4v) is 2.16. The lowest BCUT2D eigenvalue weighted by Crippen LogP contribution is -2.27. The number of hydrogen-bond donors (Lipinski definition) is 4. The van der Waals surface area contributed by atoms with Crippen LogP contribution in [0.5, 0.6) is 0 Å². The lowest BCUT2D eigenvalue weighted by molar-refractivity contribution is 0.0956. The maximum atomic E-state index is 11.9. The van der Waals surface area contributed by atoms with Crippen LogP contribution in [0.3, 0.4) is 0 Å². The number of nitrogens with two attached hydrogens (primary N) is 1. The second kappa shape index (κ2) is 7.11. The Kier molecular flexibility index (Phi) is 5.78. The third kappa shape index (κ3) is 4.71. The van der Waals surface area contributed by atoms with Gasteiger partial charge >= 0.3 is 0 Å². The van der Waals surface area contributed by atoms with Crippen LogP contribution in [-0.2, 0) is 10.0 Å². The maximum Gasteiger partial charge on any atom is 0.253 e. The van der Waals surface area contributed by atoms with Crippen molar-refractivity contribution in [2.24, 2.45) is 0 Å². The number of carbonyl (C=O) groups is 1. The summed E-state index contributed by atoms with van der Waals surface area (Å²) in [5.74, 6) is -0.320. The van der Waals surface area contributed by atoms with Crippen LogP contribution >= 0.6 is 0 Å². The van der Waals surface area contributed by atoms with Gasteiger partial charge in [0.1, 0.15) is 0 Å². The van der Waals surface area contributed by atoms with Gasteiger partial charge in [0, 0.05) is 24.5 Å². The highest BCUT2D eigenvalue weighted by Crippen LogP contribution is 2.19. The number of benzene rings is 1. The number of carbonyl (C=O) groups excluding carboxylic acids is 1. The Labute approximate surface area is 119 Å². The van der Waals surface area contributed by atoms with Crippen LogP contribution < -0.4 is 21.1 Å². The van der Waals surface area contributed by atoms with Crippen molar-refractivity contribution >= 4 is 27.3 Å². The van der Waals surface area contributed by atoms with Gasteiger partial charge in [0.2, 0.25) is 10.0 Å². The predicted octanol–water partition coefficient (Wildman–Crippen LogP) is -0.0204. The summed E-state index contributed by atoms with van der Waals surface area (Å²) in [6, 6.07) is 4.84. The zero-order valence-electron chi connectivity index (χ0n) is 11.6. The van der Waals surface area contributed by atoms with E-state index in [4.69, 9.17) is 5.73 Å². The summed E-state index contributed by atoms with van der Waals surface area (Å²) in [6.07, 6.45) is 0. The summed E-state index contributed by atoms with van der Waals surface area (Å²) >= 11 is 0. The van der Waals surface area contributed by atoms with E-state index < -0.39 is 10.0 Å². The Morgan fingerprint density at radius 3 is 2.65 bits per heavy atom. The molecule has 0 fully saturated rings. The number of nitrogens with one attached hydrogen (secondary N) is 3. The molecule has 0 radical (unpaired) electrons. The molecule has 1 rings (SSSR count). The Bertz CT molecular complexity index is 572. The molecule has 1 aromatic rings. The van der Waals surface area contributed by atoms with E-state index in [0.29, 0.717) is 23.5 Å². The Morgan fingerprint density at radius 2 is 2.05 bits per heavy atom. The largest absolute Gasteiger partial charge is 0.399 e. The molecule has 1 amide bonds. The molecule has 0 atom stereocenters. The SMILES string of the molecule is CCNC(=O)c1ccc(N)cc1NCCS(=O)(=O)NC. The van der Waals surface area contributed by atoms with Crippen molar-refractivity contribution in [1.82, 2.24) is 10.0 Å². The first-order chi connectivity index (χ1) is 9.39. The zero-order chi connectivity index (χ0) is 15.2. The molecule has 5 N–H and O–H groups in total. The summed E-state index contributed by atoms with van der Waals surface area (Å²) in [5, 5.41) is 5.61. The maximum absolute atomic E-state index is 11.9. The van der Waals surface area contributed by atoms with Crippen molar-refractivity contribution in [2.45, 2.75) is 6.92 Å². The minimum absolute atomic E-state index is 0.0901. The van der Waals surface area contributed by atoms with E-state index in [1.165, 1.54) is 7.05 Å². The zero-order valence-corrected chi connectivity index (χ0v) is 12.4. The molecule has 0 unspecified atom stereocenters. The number of hydrogen-bond acceptors (Lipinski definition) is 5. The van der Waals surface area contributed by atoms with Gasteiger partial charge in [-0.25, -0.2) is 13.1 Å². The molecular weight excluding hydrogens is 280 g/mol. The number of nitrogen functional groups attached to an aromatic ring is 1.